The van der Waals surface area contributed by atoms with Gasteiger partial charge in [0.15, 0.2) is 5.82 Å². The fourth-order valence-electron chi connectivity index (χ4n) is 2.73. The van der Waals surface area contributed by atoms with E-state index in [-0.39, 0.29) is 5.92 Å². The van der Waals surface area contributed by atoms with Crippen LogP contribution < -0.4 is 10.6 Å². The van der Waals surface area contributed by atoms with Crippen molar-refractivity contribution in [3.8, 4) is 10.6 Å². The topological polar surface area (TPSA) is 122 Å². The number of rotatable bonds is 6. The molecule has 0 bridgehead atoms. The van der Waals surface area contributed by atoms with Crippen molar-refractivity contribution in [3.63, 3.8) is 0 Å². The van der Waals surface area contributed by atoms with E-state index in [1.165, 1.54) is 11.3 Å². The highest BCUT2D eigenvalue weighted by atomic mass is 32.1. The monoisotopic (exact) mass is 402 g/mol. The fourth-order valence-corrected chi connectivity index (χ4v) is 3.61. The summed E-state index contributed by atoms with van der Waals surface area (Å²) in [5.41, 5.74) is 2.27. The standard InChI is InChI=1S/C18H22N6O3S/c1-9(2)7-14(16(25)26)20-17(27)19-13-8-12(6-5-10(13)3)15-23-24-11(4)21-22-18(24)28-15/h5-6,8-9,14H,7H2,1-4H3,(H,25,26)(H2,19,20,27). The van der Waals surface area contributed by atoms with Crippen LogP contribution in [0.2, 0.25) is 0 Å². The molecule has 0 aliphatic carbocycles. The molecule has 3 N–H and O–H groups in total. The number of hydrogen-bond acceptors (Lipinski definition) is 6. The van der Waals surface area contributed by atoms with Crippen LogP contribution in [0.15, 0.2) is 18.2 Å². The lowest BCUT2D eigenvalue weighted by atomic mass is 10.0. The predicted molar refractivity (Wildman–Crippen MR) is 107 cm³/mol. The maximum Gasteiger partial charge on any atom is 0.326 e. The number of aryl methyl sites for hydroxylation is 2. The molecule has 3 rings (SSSR count). The minimum atomic E-state index is -1.05. The third kappa shape index (κ3) is 4.28. The Morgan fingerprint density at radius 2 is 2.00 bits per heavy atom. The summed E-state index contributed by atoms with van der Waals surface area (Å²) in [7, 11) is 0. The van der Waals surface area contributed by atoms with Crippen molar-refractivity contribution in [2.45, 2.75) is 40.2 Å². The molecule has 10 heteroatoms. The molecule has 148 valence electrons. The Bertz CT molecular complexity index is 1030. The first-order valence-electron chi connectivity index (χ1n) is 8.84. The van der Waals surface area contributed by atoms with Crippen molar-refractivity contribution in [2.75, 3.05) is 5.32 Å². The first-order chi connectivity index (χ1) is 13.2. The largest absolute Gasteiger partial charge is 0.480 e. The highest BCUT2D eigenvalue weighted by Crippen LogP contribution is 2.29. The zero-order valence-electron chi connectivity index (χ0n) is 16.1. The van der Waals surface area contributed by atoms with Gasteiger partial charge >= 0.3 is 12.0 Å². The Labute approximate surface area is 165 Å². The number of hydrogen-bond donors (Lipinski definition) is 3. The van der Waals surface area contributed by atoms with Crippen LogP contribution in [0, 0.1) is 19.8 Å². The number of anilines is 1. The Balaban J connectivity index is 1.79. The molecule has 0 aliphatic heterocycles. The minimum Gasteiger partial charge on any atom is -0.480 e. The Hall–Kier alpha value is -3.01. The third-order valence-electron chi connectivity index (χ3n) is 4.19. The summed E-state index contributed by atoms with van der Waals surface area (Å²) in [5.74, 6) is -0.204. The van der Waals surface area contributed by atoms with Crippen molar-refractivity contribution in [1.29, 1.82) is 0 Å². The van der Waals surface area contributed by atoms with Crippen LogP contribution >= 0.6 is 11.3 Å². The molecule has 1 unspecified atom stereocenters. The van der Waals surface area contributed by atoms with Gasteiger partial charge in [0.1, 0.15) is 11.0 Å². The molecule has 9 nitrogen and oxygen atoms in total. The van der Waals surface area contributed by atoms with Gasteiger partial charge in [-0.1, -0.05) is 37.3 Å². The first kappa shape index (κ1) is 19.7. The van der Waals surface area contributed by atoms with Gasteiger partial charge in [0, 0.05) is 11.3 Å². The van der Waals surface area contributed by atoms with E-state index in [4.69, 9.17) is 0 Å². The average Bonchev–Trinajstić information content (AvgIpc) is 3.18. The number of carboxylic acids is 1. The predicted octanol–water partition coefficient (Wildman–Crippen LogP) is 3.09. The maximum atomic E-state index is 12.3. The molecule has 28 heavy (non-hydrogen) atoms. The average molecular weight is 402 g/mol. The van der Waals surface area contributed by atoms with Gasteiger partial charge in [-0.25, -0.2) is 9.59 Å². The van der Waals surface area contributed by atoms with E-state index in [9.17, 15) is 14.7 Å². The van der Waals surface area contributed by atoms with Crippen LogP contribution in [0.3, 0.4) is 0 Å². The number of amides is 2. The zero-order chi connectivity index (χ0) is 20.4. The summed E-state index contributed by atoms with van der Waals surface area (Å²) in [4.78, 5) is 24.4. The second kappa shape index (κ2) is 7.93. The van der Waals surface area contributed by atoms with Crippen molar-refractivity contribution in [1.82, 2.24) is 25.1 Å². The van der Waals surface area contributed by atoms with Gasteiger partial charge in [-0.05, 0) is 37.8 Å². The Morgan fingerprint density at radius 1 is 1.25 bits per heavy atom. The quantitative estimate of drug-likeness (QED) is 0.582. The van der Waals surface area contributed by atoms with Crippen molar-refractivity contribution < 1.29 is 14.7 Å². The van der Waals surface area contributed by atoms with Gasteiger partial charge in [-0.15, -0.1) is 10.2 Å². The second-order valence-electron chi connectivity index (χ2n) is 7.00. The number of urea groups is 1. The molecular weight excluding hydrogens is 380 g/mol. The van der Waals surface area contributed by atoms with E-state index in [0.717, 1.165) is 16.1 Å². The normalized spacial score (nSPS) is 12.3. The van der Waals surface area contributed by atoms with E-state index in [2.05, 4.69) is 25.9 Å². The van der Waals surface area contributed by atoms with Crippen molar-refractivity contribution in [3.05, 3.63) is 29.6 Å². The van der Waals surface area contributed by atoms with Gasteiger partial charge in [-0.3, -0.25) is 0 Å². The van der Waals surface area contributed by atoms with Crippen LogP contribution in [0.1, 0.15) is 31.7 Å². The van der Waals surface area contributed by atoms with Crippen LogP contribution in [-0.4, -0.2) is 43.0 Å². The zero-order valence-corrected chi connectivity index (χ0v) is 16.9. The molecule has 0 saturated heterocycles. The summed E-state index contributed by atoms with van der Waals surface area (Å²) in [5, 5.41) is 27.8. The highest BCUT2D eigenvalue weighted by molar-refractivity contribution is 7.19. The SMILES string of the molecule is Cc1ccc(-c2nn3c(C)nnc3s2)cc1NC(=O)NC(CC(C)C)C(=O)O. The molecule has 3 aromatic rings. The number of aromatic nitrogens is 4. The minimum absolute atomic E-state index is 0.147. The Morgan fingerprint density at radius 3 is 2.64 bits per heavy atom. The smallest absolute Gasteiger partial charge is 0.326 e. The van der Waals surface area contributed by atoms with Crippen LogP contribution in [0.5, 0.6) is 0 Å². The summed E-state index contributed by atoms with van der Waals surface area (Å²) in [6, 6.07) is 4.11. The molecule has 1 atom stereocenters. The van der Waals surface area contributed by atoms with Crippen LogP contribution in [0.25, 0.3) is 15.5 Å². The van der Waals surface area contributed by atoms with E-state index < -0.39 is 18.0 Å². The number of benzene rings is 1. The number of nitrogens with one attached hydrogen (secondary N) is 2. The number of aliphatic carboxylic acids is 1. The van der Waals surface area contributed by atoms with Crippen LogP contribution in [-0.2, 0) is 4.79 Å². The molecule has 0 aliphatic rings. The lowest BCUT2D eigenvalue weighted by Crippen LogP contribution is -2.43. The number of carboxylic acid groups (broad SMARTS) is 1. The molecule has 2 amide bonds. The maximum absolute atomic E-state index is 12.3. The van der Waals surface area contributed by atoms with Gasteiger partial charge < -0.3 is 15.7 Å². The van der Waals surface area contributed by atoms with E-state index in [1.54, 1.807) is 4.52 Å². The molecule has 2 heterocycles. The van der Waals surface area contributed by atoms with E-state index in [1.807, 2.05) is 45.9 Å². The fraction of sp³-hybridized carbons (Fsp3) is 0.389. The van der Waals surface area contributed by atoms with E-state index in [0.29, 0.717) is 22.9 Å². The Kier molecular flexibility index (Phi) is 5.59. The molecule has 0 fully saturated rings. The van der Waals surface area contributed by atoms with Gasteiger partial charge in [0.05, 0.1) is 0 Å². The number of carbonyl (C=O) groups is 2. The summed E-state index contributed by atoms with van der Waals surface area (Å²) >= 11 is 1.40. The third-order valence-corrected chi connectivity index (χ3v) is 5.14. The molecule has 0 spiro atoms. The lowest BCUT2D eigenvalue weighted by Gasteiger charge is -2.17. The summed E-state index contributed by atoms with van der Waals surface area (Å²) in [6.45, 7) is 7.51. The van der Waals surface area contributed by atoms with Crippen molar-refractivity contribution in [2.24, 2.45) is 5.92 Å². The van der Waals surface area contributed by atoms with Gasteiger partial charge in [0.2, 0.25) is 4.96 Å². The molecule has 0 radical (unpaired) electrons. The molecule has 0 saturated carbocycles. The van der Waals surface area contributed by atoms with Crippen LogP contribution in [0.4, 0.5) is 10.5 Å². The number of fused-ring (bicyclic) bond motifs is 1. The van der Waals surface area contributed by atoms with E-state index >= 15 is 0 Å². The van der Waals surface area contributed by atoms with Gasteiger partial charge in [-0.2, -0.15) is 9.61 Å². The molecule has 2 aromatic heterocycles. The highest BCUT2D eigenvalue weighted by Gasteiger charge is 2.21. The number of nitrogens with zero attached hydrogens (tertiary/aromatic N) is 4. The van der Waals surface area contributed by atoms with Crippen molar-refractivity contribution >= 4 is 34.0 Å². The van der Waals surface area contributed by atoms with Gasteiger partial charge in [0.25, 0.3) is 0 Å². The lowest BCUT2D eigenvalue weighted by molar-refractivity contribution is -0.139. The second-order valence-corrected chi connectivity index (χ2v) is 7.95. The molecular formula is C18H22N6O3S. The summed E-state index contributed by atoms with van der Waals surface area (Å²) < 4.78 is 1.67. The first-order valence-corrected chi connectivity index (χ1v) is 9.66. The summed E-state index contributed by atoms with van der Waals surface area (Å²) in [6.07, 6.45) is 0.355. The molecule has 1 aromatic carbocycles. The number of carbonyl (C=O) groups excluding carboxylic acids is 1.